The Balaban J connectivity index is 2.11. The Bertz CT molecular complexity index is 614. The summed E-state index contributed by atoms with van der Waals surface area (Å²) in [5, 5.41) is 15.3. The van der Waals surface area contributed by atoms with Gasteiger partial charge in [-0.25, -0.2) is 4.98 Å². The molecular formula is C12H11N5OS. The van der Waals surface area contributed by atoms with E-state index in [4.69, 9.17) is 5.26 Å². The van der Waals surface area contributed by atoms with Crippen LogP contribution in [0.5, 0.6) is 0 Å². The Morgan fingerprint density at radius 1 is 1.53 bits per heavy atom. The van der Waals surface area contributed by atoms with E-state index in [1.807, 2.05) is 13.0 Å². The second-order valence-corrected chi connectivity index (χ2v) is 4.55. The van der Waals surface area contributed by atoms with Crippen molar-refractivity contribution in [1.29, 1.82) is 5.26 Å². The van der Waals surface area contributed by atoms with Gasteiger partial charge in [0.1, 0.15) is 16.8 Å². The average molecular weight is 273 g/mol. The Morgan fingerprint density at radius 2 is 2.37 bits per heavy atom. The number of nitrogens with one attached hydrogen (secondary N) is 1. The zero-order valence-electron chi connectivity index (χ0n) is 10.3. The summed E-state index contributed by atoms with van der Waals surface area (Å²) in [7, 11) is 0. The Kier molecular flexibility index (Phi) is 4.15. The van der Waals surface area contributed by atoms with Crippen molar-refractivity contribution in [3.8, 4) is 6.07 Å². The highest BCUT2D eigenvalue weighted by Gasteiger charge is 2.16. The number of anilines is 1. The molecule has 6 nitrogen and oxygen atoms in total. The van der Waals surface area contributed by atoms with Crippen molar-refractivity contribution in [2.75, 3.05) is 5.32 Å². The molecule has 0 aliphatic rings. The minimum atomic E-state index is -0.268. The van der Waals surface area contributed by atoms with Gasteiger partial charge >= 0.3 is 0 Å². The monoisotopic (exact) mass is 273 g/mol. The van der Waals surface area contributed by atoms with Crippen LogP contribution in [0.25, 0.3) is 0 Å². The predicted octanol–water partition coefficient (Wildman–Crippen LogP) is 2.01. The fourth-order valence-corrected chi connectivity index (χ4v) is 2.09. The van der Waals surface area contributed by atoms with Crippen LogP contribution in [0.1, 0.15) is 34.3 Å². The number of carbonyl (C=O) groups excluding carboxylic acids is 1. The summed E-state index contributed by atoms with van der Waals surface area (Å²) in [5.41, 5.74) is 1.16. The molecule has 0 spiro atoms. The lowest BCUT2D eigenvalue weighted by Crippen LogP contribution is -2.13. The number of carbonyl (C=O) groups is 1. The molecule has 0 atom stereocenters. The largest absolute Gasteiger partial charge is 0.306 e. The van der Waals surface area contributed by atoms with E-state index in [1.165, 1.54) is 6.20 Å². The maximum absolute atomic E-state index is 12.0. The summed E-state index contributed by atoms with van der Waals surface area (Å²) in [6.07, 6.45) is 3.04. The van der Waals surface area contributed by atoms with E-state index in [1.54, 1.807) is 12.1 Å². The highest BCUT2D eigenvalue weighted by molar-refractivity contribution is 7.08. The van der Waals surface area contributed by atoms with Gasteiger partial charge in [0, 0.05) is 6.20 Å². The van der Waals surface area contributed by atoms with Gasteiger partial charge in [-0.05, 0) is 30.1 Å². The van der Waals surface area contributed by atoms with Crippen molar-refractivity contribution < 1.29 is 4.79 Å². The second-order valence-electron chi connectivity index (χ2n) is 3.80. The third kappa shape index (κ3) is 3.11. The standard InChI is InChI=1S/C12H11N5OS/c1-2-3-9-11(19-17-16-9)12(18)15-10-5-4-8(6-13)7-14-10/h4-5,7H,2-3H2,1H3,(H,14,15,18). The molecule has 0 saturated heterocycles. The van der Waals surface area contributed by atoms with Crippen LogP contribution in [-0.4, -0.2) is 20.5 Å². The first-order chi connectivity index (χ1) is 9.24. The Hall–Kier alpha value is -2.33. The lowest BCUT2D eigenvalue weighted by molar-refractivity contribution is 0.102. The number of nitrogens with zero attached hydrogens (tertiary/aromatic N) is 4. The first-order valence-electron chi connectivity index (χ1n) is 5.73. The molecule has 0 radical (unpaired) electrons. The van der Waals surface area contributed by atoms with Gasteiger partial charge < -0.3 is 5.32 Å². The van der Waals surface area contributed by atoms with Crippen LogP contribution < -0.4 is 5.32 Å². The molecule has 0 aliphatic heterocycles. The molecule has 0 aromatic carbocycles. The minimum Gasteiger partial charge on any atom is -0.306 e. The van der Waals surface area contributed by atoms with Gasteiger partial charge in [0.05, 0.1) is 11.3 Å². The Labute approximate surface area is 114 Å². The normalized spacial score (nSPS) is 9.89. The van der Waals surface area contributed by atoms with Crippen LogP contribution in [0, 0.1) is 11.3 Å². The molecule has 0 saturated carbocycles. The lowest BCUT2D eigenvalue weighted by Gasteiger charge is -2.03. The van der Waals surface area contributed by atoms with Crippen LogP contribution in [0.2, 0.25) is 0 Å². The zero-order chi connectivity index (χ0) is 13.7. The first kappa shape index (κ1) is 13.1. The van der Waals surface area contributed by atoms with Crippen molar-refractivity contribution in [3.05, 3.63) is 34.5 Å². The van der Waals surface area contributed by atoms with Gasteiger partial charge in [-0.3, -0.25) is 4.79 Å². The van der Waals surface area contributed by atoms with E-state index in [-0.39, 0.29) is 5.91 Å². The third-order valence-electron chi connectivity index (χ3n) is 2.38. The topological polar surface area (TPSA) is 91.6 Å². The first-order valence-corrected chi connectivity index (χ1v) is 6.50. The molecule has 19 heavy (non-hydrogen) atoms. The van der Waals surface area contributed by atoms with Gasteiger partial charge in [0.15, 0.2) is 0 Å². The SMILES string of the molecule is CCCc1nnsc1C(=O)Nc1ccc(C#N)cn1. The fourth-order valence-electron chi connectivity index (χ4n) is 1.49. The molecule has 1 amide bonds. The molecule has 2 aromatic rings. The van der Waals surface area contributed by atoms with Crippen molar-refractivity contribution >= 4 is 23.3 Å². The highest BCUT2D eigenvalue weighted by Crippen LogP contribution is 2.15. The zero-order valence-corrected chi connectivity index (χ0v) is 11.1. The Morgan fingerprint density at radius 3 is 3.00 bits per heavy atom. The number of nitriles is 1. The van der Waals surface area contributed by atoms with Crippen molar-refractivity contribution in [2.45, 2.75) is 19.8 Å². The number of aryl methyl sites for hydroxylation is 1. The minimum absolute atomic E-state index is 0.268. The second kappa shape index (κ2) is 6.02. The van der Waals surface area contributed by atoms with Gasteiger partial charge in [-0.15, -0.1) is 5.10 Å². The molecule has 96 valence electrons. The molecule has 2 rings (SSSR count). The van der Waals surface area contributed by atoms with Crippen LogP contribution in [0.3, 0.4) is 0 Å². The van der Waals surface area contributed by atoms with Gasteiger partial charge in [-0.1, -0.05) is 17.8 Å². The average Bonchev–Trinajstić information content (AvgIpc) is 2.88. The summed E-state index contributed by atoms with van der Waals surface area (Å²) in [6, 6.07) is 5.15. The smallest absolute Gasteiger partial charge is 0.270 e. The number of rotatable bonds is 4. The molecule has 0 unspecified atom stereocenters. The summed E-state index contributed by atoms with van der Waals surface area (Å²) in [5.74, 6) is 0.135. The molecule has 0 bridgehead atoms. The summed E-state index contributed by atoms with van der Waals surface area (Å²) in [6.45, 7) is 2.02. The van der Waals surface area contributed by atoms with Crippen molar-refractivity contribution in [2.24, 2.45) is 0 Å². The number of amides is 1. The van der Waals surface area contributed by atoms with Gasteiger partial charge in [0.2, 0.25) is 0 Å². The molecule has 0 aliphatic carbocycles. The van der Waals surface area contributed by atoms with E-state index >= 15 is 0 Å². The number of aromatic nitrogens is 3. The fraction of sp³-hybridized carbons (Fsp3) is 0.250. The molecular weight excluding hydrogens is 262 g/mol. The molecule has 2 heterocycles. The van der Waals surface area contributed by atoms with Gasteiger partial charge in [-0.2, -0.15) is 5.26 Å². The predicted molar refractivity (Wildman–Crippen MR) is 70.8 cm³/mol. The third-order valence-corrected chi connectivity index (χ3v) is 3.15. The molecule has 1 N–H and O–H groups in total. The number of hydrogen-bond acceptors (Lipinski definition) is 6. The van der Waals surface area contributed by atoms with Crippen LogP contribution in [0.4, 0.5) is 5.82 Å². The van der Waals surface area contributed by atoms with E-state index in [0.717, 1.165) is 24.4 Å². The summed E-state index contributed by atoms with van der Waals surface area (Å²) < 4.78 is 3.80. The lowest BCUT2D eigenvalue weighted by atomic mass is 10.2. The highest BCUT2D eigenvalue weighted by atomic mass is 32.1. The van der Waals surface area contributed by atoms with E-state index in [2.05, 4.69) is 19.9 Å². The maximum Gasteiger partial charge on any atom is 0.270 e. The quantitative estimate of drug-likeness (QED) is 0.920. The van der Waals surface area contributed by atoms with E-state index < -0.39 is 0 Å². The van der Waals surface area contributed by atoms with E-state index in [0.29, 0.717) is 22.0 Å². The van der Waals surface area contributed by atoms with Gasteiger partial charge in [0.25, 0.3) is 5.91 Å². The molecule has 0 fully saturated rings. The van der Waals surface area contributed by atoms with Crippen molar-refractivity contribution in [1.82, 2.24) is 14.6 Å². The van der Waals surface area contributed by atoms with Crippen molar-refractivity contribution in [3.63, 3.8) is 0 Å². The number of hydrogen-bond donors (Lipinski definition) is 1. The van der Waals surface area contributed by atoms with E-state index in [9.17, 15) is 4.79 Å². The van der Waals surface area contributed by atoms with Crippen LogP contribution in [0.15, 0.2) is 18.3 Å². The summed E-state index contributed by atoms with van der Waals surface area (Å²) in [4.78, 5) is 16.5. The summed E-state index contributed by atoms with van der Waals surface area (Å²) >= 11 is 1.07. The molecule has 2 aromatic heterocycles. The maximum atomic E-state index is 12.0. The molecule has 7 heteroatoms. The van der Waals surface area contributed by atoms with Crippen LogP contribution in [-0.2, 0) is 6.42 Å². The van der Waals surface area contributed by atoms with Crippen LogP contribution >= 0.6 is 11.5 Å². The number of pyridine rings is 1.